The first-order valence-corrected chi connectivity index (χ1v) is 5.53. The van der Waals surface area contributed by atoms with Gasteiger partial charge in [0.05, 0.1) is 5.56 Å². The number of nitrogens with zero attached hydrogens (tertiary/aromatic N) is 1. The fourth-order valence-corrected chi connectivity index (χ4v) is 1.80. The molecule has 1 fully saturated rings. The Bertz CT molecular complexity index is 573. The summed E-state index contributed by atoms with van der Waals surface area (Å²) in [6.45, 7) is 1.12. The van der Waals surface area contributed by atoms with Gasteiger partial charge in [0.25, 0.3) is 5.91 Å². The van der Waals surface area contributed by atoms with Crippen molar-refractivity contribution in [1.29, 1.82) is 0 Å². The van der Waals surface area contributed by atoms with E-state index in [4.69, 9.17) is 0 Å². The number of phenolic OH excluding ortho intramolecular Hbond substituents is 1. The van der Waals surface area contributed by atoms with E-state index in [1.807, 2.05) is 0 Å². The predicted octanol–water partition coefficient (Wildman–Crippen LogP) is 0.0184. The molecule has 1 aliphatic rings. The third kappa shape index (κ3) is 2.40. The van der Waals surface area contributed by atoms with E-state index in [0.29, 0.717) is 0 Å². The highest BCUT2D eigenvalue weighted by molar-refractivity contribution is 6.07. The van der Waals surface area contributed by atoms with Gasteiger partial charge in [0.15, 0.2) is 0 Å². The van der Waals surface area contributed by atoms with Crippen molar-refractivity contribution in [2.24, 2.45) is 0 Å². The molecule has 0 bridgehead atoms. The van der Waals surface area contributed by atoms with Crippen LogP contribution in [0.3, 0.4) is 0 Å². The molecule has 1 heterocycles. The van der Waals surface area contributed by atoms with Crippen molar-refractivity contribution in [1.82, 2.24) is 10.2 Å². The number of amides is 3. The smallest absolute Gasteiger partial charge is 0.258 e. The van der Waals surface area contributed by atoms with E-state index < -0.39 is 35.3 Å². The third-order valence-electron chi connectivity index (χ3n) is 2.87. The second kappa shape index (κ2) is 4.68. The molecule has 6 nitrogen and oxygen atoms in total. The second-order valence-corrected chi connectivity index (χ2v) is 4.18. The van der Waals surface area contributed by atoms with Gasteiger partial charge in [-0.25, -0.2) is 4.39 Å². The highest BCUT2D eigenvalue weighted by Crippen LogP contribution is 2.21. The molecule has 1 aromatic carbocycles. The van der Waals surface area contributed by atoms with E-state index in [1.54, 1.807) is 0 Å². The predicted molar refractivity (Wildman–Crippen MR) is 61.7 cm³/mol. The number of nitrogens with one attached hydrogen (secondary N) is 1. The van der Waals surface area contributed by atoms with Crippen LogP contribution in [0.5, 0.6) is 5.75 Å². The Morgan fingerprint density at radius 1 is 1.47 bits per heavy atom. The largest absolute Gasteiger partial charge is 0.507 e. The molecule has 0 aliphatic carbocycles. The molecule has 19 heavy (non-hydrogen) atoms. The minimum atomic E-state index is -0.868. The van der Waals surface area contributed by atoms with Crippen LogP contribution in [0.15, 0.2) is 18.2 Å². The van der Waals surface area contributed by atoms with Crippen molar-refractivity contribution >= 4 is 17.7 Å². The van der Waals surface area contributed by atoms with Gasteiger partial charge in [-0.2, -0.15) is 0 Å². The average Bonchev–Trinajstić information content (AvgIpc) is 2.36. The minimum absolute atomic E-state index is 0.283. The first-order valence-electron chi connectivity index (χ1n) is 5.53. The lowest BCUT2D eigenvalue weighted by atomic mass is 10.1. The second-order valence-electron chi connectivity index (χ2n) is 4.18. The zero-order valence-corrected chi connectivity index (χ0v) is 10.0. The Morgan fingerprint density at radius 2 is 2.16 bits per heavy atom. The molecule has 1 aromatic rings. The lowest BCUT2D eigenvalue weighted by molar-refractivity contribution is -0.138. The van der Waals surface area contributed by atoms with Gasteiger partial charge in [-0.1, -0.05) is 0 Å². The molecule has 2 rings (SSSR count). The Kier molecular flexibility index (Phi) is 3.20. The molecule has 1 saturated heterocycles. The summed E-state index contributed by atoms with van der Waals surface area (Å²) in [5.41, 5.74) is -0.283. The molecule has 1 atom stereocenters. The normalized spacial score (nSPS) is 19.3. The first-order chi connectivity index (χ1) is 8.90. The van der Waals surface area contributed by atoms with Crippen LogP contribution in [0, 0.1) is 5.82 Å². The van der Waals surface area contributed by atoms with Crippen molar-refractivity contribution in [2.45, 2.75) is 13.0 Å². The van der Waals surface area contributed by atoms with E-state index in [1.165, 1.54) is 6.92 Å². The molecule has 100 valence electrons. The standard InChI is InChI=1S/C12H11FN2O4/c1-6-11(18)14-10(17)5-15(6)12(19)8-4-7(13)2-3-9(8)16/h2-4,6,16H,5H2,1H3,(H,14,17,18). The molecule has 0 aromatic heterocycles. The number of carbonyl (C=O) groups is 3. The van der Waals surface area contributed by atoms with Crippen molar-refractivity contribution in [3.63, 3.8) is 0 Å². The molecule has 1 unspecified atom stereocenters. The zero-order valence-electron chi connectivity index (χ0n) is 10.0. The highest BCUT2D eigenvalue weighted by Gasteiger charge is 2.34. The summed E-state index contributed by atoms with van der Waals surface area (Å²) in [7, 11) is 0. The topological polar surface area (TPSA) is 86.7 Å². The van der Waals surface area contributed by atoms with E-state index in [-0.39, 0.29) is 12.1 Å². The number of phenols is 1. The monoisotopic (exact) mass is 266 g/mol. The molecule has 2 N–H and O–H groups in total. The van der Waals surface area contributed by atoms with Crippen molar-refractivity contribution in [3.05, 3.63) is 29.6 Å². The van der Waals surface area contributed by atoms with Gasteiger partial charge >= 0.3 is 0 Å². The van der Waals surface area contributed by atoms with Crippen molar-refractivity contribution in [3.8, 4) is 5.75 Å². The van der Waals surface area contributed by atoms with Gasteiger partial charge in [0, 0.05) is 0 Å². The van der Waals surface area contributed by atoms with Crippen LogP contribution < -0.4 is 5.32 Å². The zero-order chi connectivity index (χ0) is 14.2. The summed E-state index contributed by atoms with van der Waals surface area (Å²) in [6.07, 6.45) is 0. The third-order valence-corrected chi connectivity index (χ3v) is 2.87. The van der Waals surface area contributed by atoms with Gasteiger partial charge in [-0.3, -0.25) is 19.7 Å². The number of imide groups is 1. The Balaban J connectivity index is 2.35. The molecule has 1 aliphatic heterocycles. The molecular weight excluding hydrogens is 255 g/mol. The van der Waals surface area contributed by atoms with Gasteiger partial charge in [0.1, 0.15) is 24.2 Å². The van der Waals surface area contributed by atoms with Crippen LogP contribution in [0.4, 0.5) is 4.39 Å². The number of benzene rings is 1. The first kappa shape index (κ1) is 13.0. The van der Waals surface area contributed by atoms with Gasteiger partial charge < -0.3 is 10.0 Å². The maximum absolute atomic E-state index is 13.1. The molecule has 0 radical (unpaired) electrons. The van der Waals surface area contributed by atoms with E-state index >= 15 is 0 Å². The summed E-state index contributed by atoms with van der Waals surface area (Å²) in [6, 6.07) is 2.04. The van der Waals surface area contributed by atoms with Crippen molar-refractivity contribution in [2.75, 3.05) is 6.54 Å². The Labute approximate surface area is 107 Å². The summed E-state index contributed by atoms with van der Waals surface area (Å²) < 4.78 is 13.1. The molecule has 7 heteroatoms. The number of rotatable bonds is 1. The van der Waals surface area contributed by atoms with Crippen LogP contribution in [0.2, 0.25) is 0 Å². The summed E-state index contributed by atoms with van der Waals surface area (Å²) in [4.78, 5) is 35.8. The maximum Gasteiger partial charge on any atom is 0.258 e. The molecule has 0 saturated carbocycles. The van der Waals surface area contributed by atoms with E-state index in [2.05, 4.69) is 5.32 Å². The van der Waals surface area contributed by atoms with E-state index in [9.17, 15) is 23.9 Å². The number of hydrogen-bond donors (Lipinski definition) is 2. The maximum atomic E-state index is 13.1. The lowest BCUT2D eigenvalue weighted by Gasteiger charge is -2.31. The van der Waals surface area contributed by atoms with E-state index in [0.717, 1.165) is 23.1 Å². The number of hydrogen-bond acceptors (Lipinski definition) is 4. The van der Waals surface area contributed by atoms with Crippen LogP contribution in [-0.2, 0) is 9.59 Å². The van der Waals surface area contributed by atoms with Crippen LogP contribution in [-0.4, -0.2) is 40.3 Å². The van der Waals surface area contributed by atoms with Gasteiger partial charge in [-0.05, 0) is 25.1 Å². The lowest BCUT2D eigenvalue weighted by Crippen LogP contribution is -2.58. The van der Waals surface area contributed by atoms with Crippen molar-refractivity contribution < 1.29 is 23.9 Å². The quantitative estimate of drug-likeness (QED) is 0.701. The molecular formula is C12H11FN2O4. The molecule has 0 spiro atoms. The van der Waals surface area contributed by atoms with Crippen LogP contribution in [0.25, 0.3) is 0 Å². The van der Waals surface area contributed by atoms with Crippen LogP contribution >= 0.6 is 0 Å². The summed E-state index contributed by atoms with van der Waals surface area (Å²) in [5.74, 6) is -3.10. The number of aromatic hydroxyl groups is 1. The minimum Gasteiger partial charge on any atom is -0.507 e. The van der Waals surface area contributed by atoms with Crippen LogP contribution in [0.1, 0.15) is 17.3 Å². The summed E-state index contributed by atoms with van der Waals surface area (Å²) in [5, 5.41) is 11.6. The fraction of sp³-hybridized carbons (Fsp3) is 0.250. The van der Waals surface area contributed by atoms with Gasteiger partial charge in [0.2, 0.25) is 11.8 Å². The summed E-state index contributed by atoms with van der Waals surface area (Å²) >= 11 is 0. The fourth-order valence-electron chi connectivity index (χ4n) is 1.80. The number of halogens is 1. The SMILES string of the molecule is CC1C(=O)NC(=O)CN1C(=O)c1cc(F)ccc1O. The molecule has 3 amide bonds. The Morgan fingerprint density at radius 3 is 2.84 bits per heavy atom. The number of carbonyl (C=O) groups excluding carboxylic acids is 3. The number of piperazine rings is 1. The average molecular weight is 266 g/mol. The highest BCUT2D eigenvalue weighted by atomic mass is 19.1. The Hall–Kier alpha value is -2.44. The van der Waals surface area contributed by atoms with Gasteiger partial charge in [-0.15, -0.1) is 0 Å².